The standard InChI is InChI=1S/C15H14BrFO3/c1-19-14-4-2-3-12(16)15(14)20-9-13(18)10-5-7-11(17)8-6-10/h2-8,13,18H,9H2,1H3. The Morgan fingerprint density at radius 2 is 1.90 bits per heavy atom. The van der Waals surface area contributed by atoms with Crippen LogP contribution in [0.2, 0.25) is 0 Å². The molecule has 0 aliphatic rings. The van der Waals surface area contributed by atoms with E-state index in [2.05, 4.69) is 15.9 Å². The van der Waals surface area contributed by atoms with E-state index in [-0.39, 0.29) is 12.4 Å². The highest BCUT2D eigenvalue weighted by Gasteiger charge is 2.13. The summed E-state index contributed by atoms with van der Waals surface area (Å²) in [5.41, 5.74) is 0.595. The third-order valence-corrected chi connectivity index (χ3v) is 3.42. The molecule has 1 atom stereocenters. The van der Waals surface area contributed by atoms with Crippen molar-refractivity contribution in [3.8, 4) is 11.5 Å². The van der Waals surface area contributed by atoms with Gasteiger partial charge in [0.05, 0.1) is 11.6 Å². The molecule has 0 amide bonds. The summed E-state index contributed by atoms with van der Waals surface area (Å²) in [5.74, 6) is 0.760. The first-order valence-electron chi connectivity index (χ1n) is 6.00. The third-order valence-electron chi connectivity index (χ3n) is 2.79. The summed E-state index contributed by atoms with van der Waals surface area (Å²) in [4.78, 5) is 0. The Morgan fingerprint density at radius 3 is 2.55 bits per heavy atom. The molecule has 0 saturated carbocycles. The van der Waals surface area contributed by atoms with Crippen molar-refractivity contribution in [2.45, 2.75) is 6.10 Å². The van der Waals surface area contributed by atoms with Crippen LogP contribution in [0.5, 0.6) is 11.5 Å². The van der Waals surface area contributed by atoms with Crippen LogP contribution in [0.4, 0.5) is 4.39 Å². The van der Waals surface area contributed by atoms with Gasteiger partial charge in [0.15, 0.2) is 11.5 Å². The smallest absolute Gasteiger partial charge is 0.175 e. The Balaban J connectivity index is 2.07. The van der Waals surface area contributed by atoms with E-state index in [4.69, 9.17) is 9.47 Å². The summed E-state index contributed by atoms with van der Waals surface area (Å²) in [6, 6.07) is 11.1. The first-order chi connectivity index (χ1) is 9.61. The molecular formula is C15H14BrFO3. The molecular weight excluding hydrogens is 327 g/mol. The van der Waals surface area contributed by atoms with Crippen LogP contribution in [0.3, 0.4) is 0 Å². The number of hydrogen-bond acceptors (Lipinski definition) is 3. The van der Waals surface area contributed by atoms with E-state index in [0.717, 1.165) is 4.47 Å². The van der Waals surface area contributed by atoms with Crippen molar-refractivity contribution in [3.05, 3.63) is 58.3 Å². The second kappa shape index (κ2) is 6.72. The molecule has 0 aliphatic heterocycles. The lowest BCUT2D eigenvalue weighted by Gasteiger charge is -2.15. The number of methoxy groups -OCH3 is 1. The summed E-state index contributed by atoms with van der Waals surface area (Å²) in [6.45, 7) is 0.0462. The molecule has 0 spiro atoms. The number of aliphatic hydroxyl groups excluding tert-OH is 1. The molecule has 1 unspecified atom stereocenters. The van der Waals surface area contributed by atoms with Gasteiger partial charge in [-0.3, -0.25) is 0 Å². The quantitative estimate of drug-likeness (QED) is 0.901. The highest BCUT2D eigenvalue weighted by atomic mass is 79.9. The Bertz CT molecular complexity index is 572. The minimum absolute atomic E-state index is 0.0462. The molecule has 1 N–H and O–H groups in total. The second-order valence-electron chi connectivity index (χ2n) is 4.15. The average Bonchev–Trinajstić information content (AvgIpc) is 2.46. The fourth-order valence-corrected chi connectivity index (χ4v) is 2.20. The lowest BCUT2D eigenvalue weighted by atomic mass is 10.1. The zero-order chi connectivity index (χ0) is 14.5. The van der Waals surface area contributed by atoms with E-state index < -0.39 is 6.10 Å². The number of hydrogen-bond donors (Lipinski definition) is 1. The first-order valence-corrected chi connectivity index (χ1v) is 6.80. The van der Waals surface area contributed by atoms with Crippen molar-refractivity contribution in [1.29, 1.82) is 0 Å². The van der Waals surface area contributed by atoms with Crippen molar-refractivity contribution in [2.24, 2.45) is 0 Å². The van der Waals surface area contributed by atoms with Gasteiger partial charge in [-0.25, -0.2) is 4.39 Å². The topological polar surface area (TPSA) is 38.7 Å². The molecule has 0 fully saturated rings. The van der Waals surface area contributed by atoms with E-state index in [0.29, 0.717) is 17.1 Å². The molecule has 0 heterocycles. The highest BCUT2D eigenvalue weighted by molar-refractivity contribution is 9.10. The molecule has 106 valence electrons. The van der Waals surface area contributed by atoms with E-state index in [1.807, 2.05) is 12.1 Å². The molecule has 0 radical (unpaired) electrons. The van der Waals surface area contributed by atoms with Gasteiger partial charge >= 0.3 is 0 Å². The van der Waals surface area contributed by atoms with E-state index in [1.165, 1.54) is 24.3 Å². The zero-order valence-corrected chi connectivity index (χ0v) is 12.4. The number of rotatable bonds is 5. The SMILES string of the molecule is COc1cccc(Br)c1OCC(O)c1ccc(F)cc1. The molecule has 0 aliphatic carbocycles. The van der Waals surface area contributed by atoms with Crippen LogP contribution < -0.4 is 9.47 Å². The van der Waals surface area contributed by atoms with Gasteiger partial charge in [0.1, 0.15) is 18.5 Å². The van der Waals surface area contributed by atoms with Gasteiger partial charge in [0.2, 0.25) is 0 Å². The number of aliphatic hydroxyl groups is 1. The largest absolute Gasteiger partial charge is 0.493 e. The predicted octanol–water partition coefficient (Wildman–Crippen LogP) is 3.71. The molecule has 0 bridgehead atoms. The molecule has 2 rings (SSSR count). The highest BCUT2D eigenvalue weighted by Crippen LogP contribution is 2.35. The van der Waals surface area contributed by atoms with Crippen molar-refractivity contribution >= 4 is 15.9 Å². The van der Waals surface area contributed by atoms with Crippen LogP contribution in [-0.2, 0) is 0 Å². The Hall–Kier alpha value is -1.59. The van der Waals surface area contributed by atoms with Crippen molar-refractivity contribution in [3.63, 3.8) is 0 Å². The molecule has 3 nitrogen and oxygen atoms in total. The molecule has 2 aromatic carbocycles. The lowest BCUT2D eigenvalue weighted by molar-refractivity contribution is 0.106. The number of halogens is 2. The maximum absolute atomic E-state index is 12.8. The van der Waals surface area contributed by atoms with Gasteiger partial charge in [-0.2, -0.15) is 0 Å². The van der Waals surface area contributed by atoms with Gasteiger partial charge in [0, 0.05) is 0 Å². The van der Waals surface area contributed by atoms with Crippen molar-refractivity contribution in [1.82, 2.24) is 0 Å². The summed E-state index contributed by atoms with van der Waals surface area (Å²) in [5, 5.41) is 10.0. The molecule has 0 aromatic heterocycles. The average molecular weight is 341 g/mol. The fourth-order valence-electron chi connectivity index (χ4n) is 1.73. The van der Waals surface area contributed by atoms with Crippen molar-refractivity contribution in [2.75, 3.05) is 13.7 Å². The van der Waals surface area contributed by atoms with Gasteiger partial charge in [-0.05, 0) is 45.8 Å². The summed E-state index contributed by atoms with van der Waals surface area (Å²) >= 11 is 3.37. The van der Waals surface area contributed by atoms with Gasteiger partial charge in [0.25, 0.3) is 0 Å². The molecule has 0 saturated heterocycles. The first kappa shape index (κ1) is 14.8. The predicted molar refractivity (Wildman–Crippen MR) is 77.5 cm³/mol. The fraction of sp³-hybridized carbons (Fsp3) is 0.200. The maximum Gasteiger partial charge on any atom is 0.175 e. The number of benzene rings is 2. The molecule has 2 aromatic rings. The van der Waals surface area contributed by atoms with Gasteiger partial charge in [-0.1, -0.05) is 18.2 Å². The van der Waals surface area contributed by atoms with Crippen LogP contribution >= 0.6 is 15.9 Å². The zero-order valence-electron chi connectivity index (χ0n) is 10.8. The monoisotopic (exact) mass is 340 g/mol. The van der Waals surface area contributed by atoms with Crippen LogP contribution in [0, 0.1) is 5.82 Å². The summed E-state index contributed by atoms with van der Waals surface area (Å²) in [7, 11) is 1.55. The van der Waals surface area contributed by atoms with Crippen LogP contribution in [0.15, 0.2) is 46.9 Å². The van der Waals surface area contributed by atoms with E-state index in [9.17, 15) is 9.50 Å². The molecule has 5 heteroatoms. The van der Waals surface area contributed by atoms with E-state index in [1.54, 1.807) is 13.2 Å². The van der Waals surface area contributed by atoms with Crippen molar-refractivity contribution < 1.29 is 19.0 Å². The Kier molecular flexibility index (Phi) is 4.98. The minimum atomic E-state index is -0.840. The van der Waals surface area contributed by atoms with Gasteiger partial charge in [-0.15, -0.1) is 0 Å². The number of ether oxygens (including phenoxy) is 2. The van der Waals surface area contributed by atoms with Crippen LogP contribution in [0.25, 0.3) is 0 Å². The van der Waals surface area contributed by atoms with Gasteiger partial charge < -0.3 is 14.6 Å². The summed E-state index contributed by atoms with van der Waals surface area (Å²) < 4.78 is 24.3. The van der Waals surface area contributed by atoms with Crippen LogP contribution in [-0.4, -0.2) is 18.8 Å². The van der Waals surface area contributed by atoms with Crippen LogP contribution in [0.1, 0.15) is 11.7 Å². The minimum Gasteiger partial charge on any atom is -0.493 e. The Labute approximate surface area is 125 Å². The van der Waals surface area contributed by atoms with E-state index >= 15 is 0 Å². The third kappa shape index (κ3) is 3.49. The normalized spacial score (nSPS) is 12.0. The second-order valence-corrected chi connectivity index (χ2v) is 5.00. The number of para-hydroxylation sites is 1. The molecule has 20 heavy (non-hydrogen) atoms. The Morgan fingerprint density at radius 1 is 1.20 bits per heavy atom. The maximum atomic E-state index is 12.8. The summed E-state index contributed by atoms with van der Waals surface area (Å²) in [6.07, 6.45) is -0.840. The lowest BCUT2D eigenvalue weighted by Crippen LogP contribution is -2.10.